The van der Waals surface area contributed by atoms with E-state index in [4.69, 9.17) is 86.2 Å². The van der Waals surface area contributed by atoms with Crippen molar-refractivity contribution in [3.8, 4) is 0 Å². The molecule has 91 heavy (non-hydrogen) atoms. The van der Waals surface area contributed by atoms with E-state index in [1.807, 2.05) is 20.8 Å². The minimum absolute atomic E-state index is 0.0322. The molecule has 12 aliphatic heterocycles. The van der Waals surface area contributed by atoms with Crippen molar-refractivity contribution in [1.82, 2.24) is 4.72 Å². The number of rotatable bonds is 20. The highest BCUT2D eigenvalue weighted by Gasteiger charge is 2.76. The summed E-state index contributed by atoms with van der Waals surface area (Å²) >= 11 is 0. The Morgan fingerprint density at radius 3 is 1.35 bits per heavy atom. The molecule has 12 saturated heterocycles. The van der Waals surface area contributed by atoms with Gasteiger partial charge in [0.2, 0.25) is 52.0 Å². The first-order valence-corrected chi connectivity index (χ1v) is 34.8. The largest absolute Gasteiger partial charge is 0.460 e. The van der Waals surface area contributed by atoms with Crippen LogP contribution in [0.5, 0.6) is 0 Å². The molecule has 0 aromatic heterocycles. The lowest BCUT2D eigenvalue weighted by Crippen LogP contribution is -2.74. The Kier molecular flexibility index (Phi) is 18.3. The van der Waals surface area contributed by atoms with Crippen molar-refractivity contribution < 1.29 is 123 Å². The summed E-state index contributed by atoms with van der Waals surface area (Å²) in [6.45, 7) is 18.7. The summed E-state index contributed by atoms with van der Waals surface area (Å²) in [6.07, 6.45) is -0.748. The van der Waals surface area contributed by atoms with Crippen LogP contribution < -0.4 is 4.72 Å². The maximum atomic E-state index is 14.1. The third-order valence-electron chi connectivity index (χ3n) is 23.4. The van der Waals surface area contributed by atoms with Gasteiger partial charge in [0, 0.05) is 54.3 Å². The zero-order chi connectivity index (χ0) is 65.1. The van der Waals surface area contributed by atoms with Gasteiger partial charge in [-0.2, -0.15) is 4.72 Å². The van der Waals surface area contributed by atoms with Gasteiger partial charge in [-0.3, -0.25) is 28.8 Å². The van der Waals surface area contributed by atoms with Crippen molar-refractivity contribution in [3.05, 3.63) is 0 Å². The van der Waals surface area contributed by atoms with Gasteiger partial charge in [0.15, 0.2) is 35.7 Å². The molecule has 15 rings (SSSR count). The smallest absolute Gasteiger partial charge is 0.308 e. The van der Waals surface area contributed by atoms with E-state index in [-0.39, 0.29) is 47.3 Å². The van der Waals surface area contributed by atoms with E-state index in [2.05, 4.69) is 32.4 Å². The number of ether oxygens (including phenoxy) is 12. The highest BCUT2D eigenvalue weighted by atomic mass is 32.2. The lowest BCUT2D eigenvalue weighted by atomic mass is 9.50. The van der Waals surface area contributed by atoms with Crippen LogP contribution in [0.15, 0.2) is 0 Å². The number of carbonyl (C=O) groups is 6. The molecule has 1 unspecified atom stereocenters. The fraction of sp³-hybridized carbons (Fsp3) is 0.905. The molecule has 3 spiro atoms. The first-order valence-electron chi connectivity index (χ1n) is 33.2. The van der Waals surface area contributed by atoms with Gasteiger partial charge in [0.05, 0.1) is 44.3 Å². The van der Waals surface area contributed by atoms with Crippen molar-refractivity contribution in [3.63, 3.8) is 0 Å². The van der Waals surface area contributed by atoms with E-state index in [0.717, 1.165) is 51.4 Å². The third kappa shape index (κ3) is 12.0. The number of fused-ring (bicyclic) bond motifs is 6. The predicted molar refractivity (Wildman–Crippen MR) is 304 cm³/mol. The van der Waals surface area contributed by atoms with Gasteiger partial charge in [-0.25, -0.2) is 37.7 Å². The van der Waals surface area contributed by atoms with E-state index in [1.165, 1.54) is 6.92 Å². The second kappa shape index (κ2) is 24.7. The summed E-state index contributed by atoms with van der Waals surface area (Å²) in [5, 5.41) is 0. The van der Waals surface area contributed by atoms with E-state index >= 15 is 0 Å². The highest BCUT2D eigenvalue weighted by molar-refractivity contribution is 7.89. The summed E-state index contributed by atoms with van der Waals surface area (Å²) < 4.78 is 102. The summed E-state index contributed by atoms with van der Waals surface area (Å²) in [5.41, 5.74) is -6.13. The Labute approximate surface area is 530 Å². The number of hydrogen-bond donors (Lipinski definition) is 1. The van der Waals surface area contributed by atoms with E-state index < -0.39 is 198 Å². The van der Waals surface area contributed by atoms with Gasteiger partial charge in [-0.1, -0.05) is 48.5 Å². The predicted octanol–water partition coefficient (Wildman–Crippen LogP) is 7.24. The minimum Gasteiger partial charge on any atom is -0.460 e. The standard InChI is InChI=1S/C63H93NO26S/c1-12-91(71,72)64-60(81-49(70)22-21-47(68)76-51-37(6)43-16-14-34(3)40-25-29-58(10)83-54(79-51)62(40,43)89-86-58,31-73-44(65)17-19-46(67)75-50-36(5)42-15-13-33(2)39-24-28-57(9)82-53(78-50)61(39,42)88-85-57)32-74-45(66)18-20-48(69)77-52-38(7)56(8)27-23-35(4)41-26-30-59(11)84-55(80-52)63(41,56)90-87-59/h33-43,50-55,64H,12-32H2,1-11H3/t33-,34-,35-,36-,37-,38+,39+,40+,41+,42+,43+,50-,51-,52-,53-,54-,55-,56+,57+,58+,59+,60?,61-,62-,63+/m1/s1. The van der Waals surface area contributed by atoms with Crippen LogP contribution in [0.25, 0.3) is 0 Å². The van der Waals surface area contributed by atoms with Crippen molar-refractivity contribution in [2.45, 2.75) is 269 Å². The normalized spacial score (nSPS) is 46.4. The van der Waals surface area contributed by atoms with Gasteiger partial charge >= 0.3 is 35.8 Å². The van der Waals surface area contributed by atoms with E-state index in [9.17, 15) is 37.2 Å². The van der Waals surface area contributed by atoms with Gasteiger partial charge < -0.3 is 56.8 Å². The lowest BCUT2D eigenvalue weighted by Gasteiger charge is -2.65. The summed E-state index contributed by atoms with van der Waals surface area (Å²) in [7, 11) is -4.44. The molecule has 28 heteroatoms. The first-order chi connectivity index (χ1) is 42.9. The average molecular weight is 1310 g/mol. The molecular weight excluding hydrogens is 1220 g/mol. The van der Waals surface area contributed by atoms with Crippen LogP contribution in [0.2, 0.25) is 0 Å². The fourth-order valence-electron chi connectivity index (χ4n) is 17.8. The Morgan fingerprint density at radius 1 is 0.462 bits per heavy atom. The summed E-state index contributed by atoms with van der Waals surface area (Å²) in [5.74, 6) is -10.3. The minimum atomic E-state index is -4.44. The van der Waals surface area contributed by atoms with Gasteiger partial charge in [0.25, 0.3) is 0 Å². The molecule has 512 valence electrons. The first kappa shape index (κ1) is 67.2. The van der Waals surface area contributed by atoms with Crippen molar-refractivity contribution >= 4 is 45.8 Å². The molecule has 0 aromatic carbocycles. The molecule has 15 aliphatic rings. The maximum absolute atomic E-state index is 14.1. The number of hydrogen-bond acceptors (Lipinski definition) is 26. The zero-order valence-electron chi connectivity index (χ0n) is 54.2. The molecular formula is C63H93NO26S. The van der Waals surface area contributed by atoms with Crippen molar-refractivity contribution in [2.24, 2.45) is 70.5 Å². The Hall–Kier alpha value is -3.75. The molecule has 27 nitrogen and oxygen atoms in total. The highest BCUT2D eigenvalue weighted by Crippen LogP contribution is 2.67. The van der Waals surface area contributed by atoms with Crippen LogP contribution in [-0.4, -0.2) is 141 Å². The second-order valence-corrected chi connectivity index (χ2v) is 31.2. The average Bonchev–Trinajstić information content (AvgIpc) is 1.69. The van der Waals surface area contributed by atoms with Crippen molar-refractivity contribution in [2.75, 3.05) is 19.0 Å². The van der Waals surface area contributed by atoms with Gasteiger partial charge in [-0.15, -0.1) is 0 Å². The SMILES string of the molecule is CCS(=O)(=O)NC(COC(=O)CCC(=O)O[C@@H]1O[C@@H]2O[C@]3(C)CC[C@H]4[C@H](C)CC[C@@H]([C@H]1C)[C@@]24OO3)(COC(=O)CCC(=O)O[C@@H]1O[C@@H]2O[C@]3(C)CC[C@H]4[C@H](C)CC[C@@](C)([C@H]1C)[C@@]24OO3)OC(=O)CCC(=O)O[C@@H]1O[C@@H]2O[C@]3(C)CC[C@H]4[C@H](C)CC[C@@H]([C@H]1C)[C@@]24OO3. The summed E-state index contributed by atoms with van der Waals surface area (Å²) in [4.78, 5) is 119. The van der Waals surface area contributed by atoms with Crippen LogP contribution in [0.3, 0.4) is 0 Å². The number of carbonyl (C=O) groups excluding carboxylic acids is 6. The number of esters is 6. The van der Waals surface area contributed by atoms with Crippen LogP contribution in [0, 0.1) is 70.5 Å². The molecule has 3 aliphatic carbocycles. The number of nitrogens with one attached hydrogen (secondary N) is 1. The molecule has 25 atom stereocenters. The molecule has 3 saturated carbocycles. The Bertz CT molecular complexity index is 2920. The van der Waals surface area contributed by atoms with Crippen LogP contribution in [-0.2, 0) is 125 Å². The van der Waals surface area contributed by atoms with E-state index in [0.29, 0.717) is 31.6 Å². The van der Waals surface area contributed by atoms with Crippen LogP contribution >= 0.6 is 0 Å². The molecule has 1 N–H and O–H groups in total. The molecule has 15 fully saturated rings. The Balaban J connectivity index is 0.703. The van der Waals surface area contributed by atoms with Gasteiger partial charge in [-0.05, 0) is 121 Å². The maximum Gasteiger partial charge on any atom is 0.308 e. The molecule has 0 radical (unpaired) electrons. The quantitative estimate of drug-likeness (QED) is 0.0543. The molecule has 12 heterocycles. The monoisotopic (exact) mass is 1310 g/mol. The number of sulfonamides is 1. The van der Waals surface area contributed by atoms with Crippen molar-refractivity contribution in [1.29, 1.82) is 0 Å². The lowest BCUT2D eigenvalue weighted by molar-refractivity contribution is -0.586. The van der Waals surface area contributed by atoms with Gasteiger partial charge in [0.1, 0.15) is 13.2 Å². The Morgan fingerprint density at radius 2 is 0.868 bits per heavy atom. The molecule has 6 bridgehead atoms. The fourth-order valence-corrected chi connectivity index (χ4v) is 18.7. The van der Waals surface area contributed by atoms with Crippen LogP contribution in [0.1, 0.15) is 192 Å². The van der Waals surface area contributed by atoms with E-state index in [1.54, 1.807) is 20.8 Å². The second-order valence-electron chi connectivity index (χ2n) is 29.2. The zero-order valence-corrected chi connectivity index (χ0v) is 55.0. The molecule has 0 aromatic rings. The molecule has 0 amide bonds. The van der Waals surface area contributed by atoms with Crippen LogP contribution in [0.4, 0.5) is 0 Å². The topological polar surface area (TPSA) is 315 Å². The third-order valence-corrected chi connectivity index (χ3v) is 24.8. The summed E-state index contributed by atoms with van der Waals surface area (Å²) in [6, 6.07) is 0.